The first-order chi connectivity index (χ1) is 13.1. The molecule has 1 saturated heterocycles. The van der Waals surface area contributed by atoms with Crippen LogP contribution in [0, 0.1) is 17.7 Å². The van der Waals surface area contributed by atoms with Gasteiger partial charge in [-0.05, 0) is 23.8 Å². The molecule has 2 atom stereocenters. The van der Waals surface area contributed by atoms with Crippen LogP contribution in [-0.2, 0) is 4.74 Å². The van der Waals surface area contributed by atoms with Gasteiger partial charge in [-0.3, -0.25) is 4.98 Å². The van der Waals surface area contributed by atoms with Crippen molar-refractivity contribution in [1.82, 2.24) is 10.3 Å². The average molecular weight is 360 g/mol. The Kier molecular flexibility index (Phi) is 5.48. The molecule has 1 aliphatic heterocycles. The van der Waals surface area contributed by atoms with Gasteiger partial charge in [-0.25, -0.2) is 9.18 Å². The molecule has 0 radical (unpaired) electrons. The summed E-state index contributed by atoms with van der Waals surface area (Å²) in [5.74, 6) is 5.53. The molecule has 0 aliphatic carbocycles. The fourth-order valence-corrected chi connectivity index (χ4v) is 2.76. The molecule has 2 aromatic rings. The molecular weight excluding hydrogens is 343 g/mol. The number of allylic oxidation sites excluding steroid dienone is 4. The van der Waals surface area contributed by atoms with Gasteiger partial charge in [0, 0.05) is 29.1 Å². The molecule has 1 N–H and O–H groups in total. The van der Waals surface area contributed by atoms with E-state index in [9.17, 15) is 9.18 Å². The van der Waals surface area contributed by atoms with Crippen LogP contribution in [0.25, 0.3) is 0 Å². The molecule has 1 aliphatic rings. The summed E-state index contributed by atoms with van der Waals surface area (Å²) in [5.41, 5.74) is 2.35. The number of ether oxygens (including phenoxy) is 1. The molecule has 5 heteroatoms. The van der Waals surface area contributed by atoms with E-state index in [4.69, 9.17) is 4.74 Å². The monoisotopic (exact) mass is 360 g/mol. The molecule has 2 unspecified atom stereocenters. The number of nitrogens with one attached hydrogen (secondary N) is 1. The lowest BCUT2D eigenvalue weighted by Crippen LogP contribution is -2.20. The van der Waals surface area contributed by atoms with Crippen molar-refractivity contribution in [3.63, 3.8) is 0 Å². The molecule has 4 nitrogen and oxygen atoms in total. The van der Waals surface area contributed by atoms with E-state index >= 15 is 0 Å². The number of halogens is 1. The second kappa shape index (κ2) is 8.15. The Balaban J connectivity index is 1.94. The van der Waals surface area contributed by atoms with Crippen LogP contribution in [0.2, 0.25) is 0 Å². The maximum atomic E-state index is 14.2. The SMILES string of the molecule is C=CC=C(C#Cc1cncc(C2NC(=O)OC2c2ccccc2F)c1)C=C. The molecule has 134 valence electrons. The lowest BCUT2D eigenvalue weighted by molar-refractivity contribution is 0.130. The highest BCUT2D eigenvalue weighted by Gasteiger charge is 2.38. The summed E-state index contributed by atoms with van der Waals surface area (Å²) in [6.45, 7) is 7.33. The zero-order valence-electron chi connectivity index (χ0n) is 14.5. The molecule has 1 amide bonds. The van der Waals surface area contributed by atoms with Crippen molar-refractivity contribution in [2.45, 2.75) is 12.1 Å². The number of nitrogens with zero attached hydrogens (tertiary/aromatic N) is 1. The van der Waals surface area contributed by atoms with Crippen molar-refractivity contribution < 1.29 is 13.9 Å². The number of cyclic esters (lactones) is 1. The summed E-state index contributed by atoms with van der Waals surface area (Å²) in [7, 11) is 0. The van der Waals surface area contributed by atoms with E-state index < -0.39 is 24.1 Å². The van der Waals surface area contributed by atoms with Crippen LogP contribution in [0.5, 0.6) is 0 Å². The van der Waals surface area contributed by atoms with Crippen LogP contribution < -0.4 is 5.32 Å². The lowest BCUT2D eigenvalue weighted by Gasteiger charge is -2.18. The highest BCUT2D eigenvalue weighted by atomic mass is 19.1. The van der Waals surface area contributed by atoms with E-state index in [1.807, 2.05) is 0 Å². The summed E-state index contributed by atoms with van der Waals surface area (Å²) >= 11 is 0. The fraction of sp³-hybridized carbons (Fsp3) is 0.0909. The van der Waals surface area contributed by atoms with Crippen LogP contribution in [0.4, 0.5) is 9.18 Å². The van der Waals surface area contributed by atoms with Crippen molar-refractivity contribution in [3.05, 3.63) is 102 Å². The zero-order chi connectivity index (χ0) is 19.2. The molecule has 27 heavy (non-hydrogen) atoms. The van der Waals surface area contributed by atoms with Gasteiger partial charge >= 0.3 is 6.09 Å². The highest BCUT2D eigenvalue weighted by Crippen LogP contribution is 2.37. The minimum atomic E-state index is -0.784. The quantitative estimate of drug-likeness (QED) is 0.650. The van der Waals surface area contributed by atoms with Crippen LogP contribution in [-0.4, -0.2) is 11.1 Å². The number of hydrogen-bond donors (Lipinski definition) is 1. The molecule has 1 aromatic heterocycles. The Morgan fingerprint density at radius 3 is 2.85 bits per heavy atom. The first-order valence-corrected chi connectivity index (χ1v) is 8.26. The van der Waals surface area contributed by atoms with Crippen molar-refractivity contribution in [2.24, 2.45) is 0 Å². The van der Waals surface area contributed by atoms with E-state index in [0.717, 1.165) is 5.57 Å². The third-order valence-electron chi connectivity index (χ3n) is 4.01. The van der Waals surface area contributed by atoms with E-state index in [2.05, 4.69) is 35.3 Å². The number of aromatic nitrogens is 1. The second-order valence-corrected chi connectivity index (χ2v) is 5.79. The minimum absolute atomic E-state index is 0.306. The van der Waals surface area contributed by atoms with Crippen LogP contribution in [0.3, 0.4) is 0 Å². The third-order valence-corrected chi connectivity index (χ3v) is 4.01. The fourth-order valence-electron chi connectivity index (χ4n) is 2.76. The van der Waals surface area contributed by atoms with E-state index in [0.29, 0.717) is 16.7 Å². The standard InChI is InChI=1S/C22H17FN2O2/c1-3-7-15(4-2)10-11-16-12-17(14-24-13-16)20-21(27-22(26)25-20)18-8-5-6-9-19(18)23/h3-9,12-14,20-21H,1-2H2,(H,25,26). The Bertz CT molecular complexity index is 985. The number of rotatable bonds is 4. The largest absolute Gasteiger partial charge is 0.439 e. The van der Waals surface area contributed by atoms with Gasteiger partial charge in [-0.2, -0.15) is 0 Å². The van der Waals surface area contributed by atoms with Gasteiger partial charge in [-0.1, -0.05) is 55.3 Å². The van der Waals surface area contributed by atoms with Gasteiger partial charge in [0.05, 0.1) is 0 Å². The van der Waals surface area contributed by atoms with Gasteiger partial charge in [0.15, 0.2) is 6.10 Å². The summed E-state index contributed by atoms with van der Waals surface area (Å²) in [6, 6.07) is 7.45. The Morgan fingerprint density at radius 2 is 2.11 bits per heavy atom. The topological polar surface area (TPSA) is 51.2 Å². The summed E-state index contributed by atoms with van der Waals surface area (Å²) in [4.78, 5) is 16.0. The van der Waals surface area contributed by atoms with E-state index in [1.165, 1.54) is 6.07 Å². The molecule has 3 rings (SSSR count). The predicted octanol–water partition coefficient (Wildman–Crippen LogP) is 4.39. The zero-order valence-corrected chi connectivity index (χ0v) is 14.5. The maximum Gasteiger partial charge on any atom is 0.408 e. The summed E-state index contributed by atoms with van der Waals surface area (Å²) in [6.07, 6.45) is 6.83. The van der Waals surface area contributed by atoms with Crippen molar-refractivity contribution in [1.29, 1.82) is 0 Å². The Morgan fingerprint density at radius 1 is 1.30 bits per heavy atom. The Hall–Kier alpha value is -3.65. The molecule has 1 fully saturated rings. The van der Waals surface area contributed by atoms with Crippen molar-refractivity contribution in [2.75, 3.05) is 0 Å². The number of pyridine rings is 1. The lowest BCUT2D eigenvalue weighted by atomic mass is 9.96. The summed E-state index contributed by atoms with van der Waals surface area (Å²) in [5, 5.41) is 2.71. The number of benzene rings is 1. The molecular formula is C22H17FN2O2. The van der Waals surface area contributed by atoms with Gasteiger partial charge in [-0.15, -0.1) is 0 Å². The van der Waals surface area contributed by atoms with E-state index in [1.54, 1.807) is 54.9 Å². The van der Waals surface area contributed by atoms with Gasteiger partial charge in [0.1, 0.15) is 11.9 Å². The maximum absolute atomic E-state index is 14.2. The first kappa shape index (κ1) is 18.2. The van der Waals surface area contributed by atoms with Crippen LogP contribution in [0.1, 0.15) is 28.8 Å². The number of carbonyl (C=O) groups is 1. The summed E-state index contributed by atoms with van der Waals surface area (Å²) < 4.78 is 19.5. The first-order valence-electron chi connectivity index (χ1n) is 8.26. The molecule has 0 saturated carbocycles. The average Bonchev–Trinajstić information content (AvgIpc) is 3.07. The smallest absolute Gasteiger partial charge is 0.408 e. The highest BCUT2D eigenvalue weighted by molar-refractivity contribution is 5.71. The molecule has 2 heterocycles. The Labute approximate surface area is 157 Å². The van der Waals surface area contributed by atoms with Crippen LogP contribution in [0.15, 0.2) is 79.7 Å². The number of carbonyl (C=O) groups excluding carboxylic acids is 1. The predicted molar refractivity (Wildman–Crippen MR) is 101 cm³/mol. The molecule has 1 aromatic carbocycles. The van der Waals surface area contributed by atoms with Crippen molar-refractivity contribution >= 4 is 6.09 Å². The normalized spacial score (nSPS) is 18.7. The van der Waals surface area contributed by atoms with Gasteiger partial charge < -0.3 is 10.1 Å². The number of amides is 1. The van der Waals surface area contributed by atoms with E-state index in [-0.39, 0.29) is 0 Å². The molecule has 0 spiro atoms. The van der Waals surface area contributed by atoms with Gasteiger partial charge in [0.2, 0.25) is 0 Å². The second-order valence-electron chi connectivity index (χ2n) is 5.79. The van der Waals surface area contributed by atoms with Crippen molar-refractivity contribution in [3.8, 4) is 11.8 Å². The van der Waals surface area contributed by atoms with Gasteiger partial charge in [0.25, 0.3) is 0 Å². The third kappa shape index (κ3) is 4.13. The molecule has 0 bridgehead atoms. The number of hydrogen-bond acceptors (Lipinski definition) is 3. The minimum Gasteiger partial charge on any atom is -0.439 e. The van der Waals surface area contributed by atoms with Crippen LogP contribution >= 0.6 is 0 Å². The number of alkyl carbamates (subject to hydrolysis) is 1.